The first kappa shape index (κ1) is 10.2. The summed E-state index contributed by atoms with van der Waals surface area (Å²) in [4.78, 5) is 10.5. The van der Waals surface area contributed by atoms with Crippen LogP contribution in [0.1, 0.15) is 26.2 Å². The van der Waals surface area contributed by atoms with Gasteiger partial charge in [0.05, 0.1) is 0 Å². The van der Waals surface area contributed by atoms with E-state index in [-0.39, 0.29) is 12.8 Å². The van der Waals surface area contributed by atoms with E-state index in [2.05, 4.69) is 6.58 Å². The van der Waals surface area contributed by atoms with Gasteiger partial charge in [0.25, 0.3) is 0 Å². The first-order chi connectivity index (χ1) is 5.06. The second-order valence-corrected chi connectivity index (χ2v) is 2.58. The van der Waals surface area contributed by atoms with Gasteiger partial charge in [-0.3, -0.25) is 0 Å². The second-order valence-electron chi connectivity index (χ2n) is 2.58. The summed E-state index contributed by atoms with van der Waals surface area (Å²) < 4.78 is 0. The predicted octanol–water partition coefficient (Wildman–Crippen LogP) is 1.18. The van der Waals surface area contributed by atoms with Crippen LogP contribution in [0, 0.1) is 0 Å². The smallest absolute Gasteiger partial charge is 0.335 e. The summed E-state index contributed by atoms with van der Waals surface area (Å²) in [5.74, 6) is -1.17. The third-order valence-electron chi connectivity index (χ3n) is 1.54. The van der Waals surface area contributed by atoms with Crippen LogP contribution in [0.2, 0.25) is 0 Å². The van der Waals surface area contributed by atoms with Gasteiger partial charge in [0, 0.05) is 6.42 Å². The molecule has 0 saturated carbocycles. The first-order valence-electron chi connectivity index (χ1n) is 3.63. The standard InChI is InChI=1S/C8H14O3/c1-3-5-8(11,6-4-2)7(9)10/h3,11H,1,4-6H2,2H3,(H,9,10). The van der Waals surface area contributed by atoms with Crippen molar-refractivity contribution >= 4 is 5.97 Å². The molecule has 0 aliphatic heterocycles. The molecule has 1 atom stereocenters. The Morgan fingerprint density at radius 2 is 2.27 bits per heavy atom. The van der Waals surface area contributed by atoms with Crippen LogP contribution in [-0.2, 0) is 4.79 Å². The van der Waals surface area contributed by atoms with Crippen molar-refractivity contribution in [1.82, 2.24) is 0 Å². The maximum absolute atomic E-state index is 10.5. The summed E-state index contributed by atoms with van der Waals surface area (Å²) in [6.45, 7) is 5.22. The molecule has 0 aliphatic rings. The van der Waals surface area contributed by atoms with E-state index in [1.54, 1.807) is 0 Å². The lowest BCUT2D eigenvalue weighted by Crippen LogP contribution is -2.37. The van der Waals surface area contributed by atoms with Crippen LogP contribution in [0.3, 0.4) is 0 Å². The van der Waals surface area contributed by atoms with Crippen molar-refractivity contribution in [2.24, 2.45) is 0 Å². The van der Waals surface area contributed by atoms with Gasteiger partial charge >= 0.3 is 5.97 Å². The van der Waals surface area contributed by atoms with Crippen molar-refractivity contribution in [3.8, 4) is 0 Å². The number of carboxylic acid groups (broad SMARTS) is 1. The fraction of sp³-hybridized carbons (Fsp3) is 0.625. The van der Waals surface area contributed by atoms with Crippen LogP contribution in [0.4, 0.5) is 0 Å². The summed E-state index contributed by atoms with van der Waals surface area (Å²) in [5.41, 5.74) is -1.60. The number of rotatable bonds is 5. The van der Waals surface area contributed by atoms with Gasteiger partial charge in [0.2, 0.25) is 0 Å². The van der Waals surface area contributed by atoms with Gasteiger partial charge in [-0.05, 0) is 6.42 Å². The van der Waals surface area contributed by atoms with E-state index in [1.807, 2.05) is 6.92 Å². The average Bonchev–Trinajstić information content (AvgIpc) is 1.88. The molecular formula is C8H14O3. The van der Waals surface area contributed by atoms with E-state index in [1.165, 1.54) is 6.08 Å². The molecule has 0 saturated heterocycles. The van der Waals surface area contributed by atoms with Gasteiger partial charge in [-0.25, -0.2) is 4.79 Å². The number of hydrogen-bond donors (Lipinski definition) is 2. The molecule has 2 N–H and O–H groups in total. The first-order valence-corrected chi connectivity index (χ1v) is 3.63. The summed E-state index contributed by atoms with van der Waals surface area (Å²) in [6, 6.07) is 0. The second kappa shape index (κ2) is 4.13. The maximum atomic E-state index is 10.5. The molecule has 3 heteroatoms. The average molecular weight is 158 g/mol. The van der Waals surface area contributed by atoms with Crippen LogP contribution >= 0.6 is 0 Å². The number of aliphatic carboxylic acids is 1. The fourth-order valence-corrected chi connectivity index (χ4v) is 0.949. The number of hydrogen-bond acceptors (Lipinski definition) is 2. The third-order valence-corrected chi connectivity index (χ3v) is 1.54. The normalized spacial score (nSPS) is 15.5. The Morgan fingerprint density at radius 3 is 2.55 bits per heavy atom. The molecule has 0 fully saturated rings. The topological polar surface area (TPSA) is 57.5 Å². The van der Waals surface area contributed by atoms with Crippen molar-refractivity contribution in [2.45, 2.75) is 31.8 Å². The quantitative estimate of drug-likeness (QED) is 0.590. The molecule has 3 nitrogen and oxygen atoms in total. The lowest BCUT2D eigenvalue weighted by atomic mass is 9.94. The molecule has 64 valence electrons. The molecule has 0 aromatic rings. The highest BCUT2D eigenvalue weighted by molar-refractivity contribution is 5.77. The zero-order valence-electron chi connectivity index (χ0n) is 6.71. The molecule has 0 radical (unpaired) electrons. The molecule has 0 aromatic carbocycles. The molecule has 0 rings (SSSR count). The van der Waals surface area contributed by atoms with E-state index in [9.17, 15) is 9.90 Å². The van der Waals surface area contributed by atoms with Gasteiger partial charge < -0.3 is 10.2 Å². The van der Waals surface area contributed by atoms with Crippen molar-refractivity contribution < 1.29 is 15.0 Å². The summed E-state index contributed by atoms with van der Waals surface area (Å²) >= 11 is 0. The monoisotopic (exact) mass is 158 g/mol. The van der Waals surface area contributed by atoms with E-state index in [4.69, 9.17) is 5.11 Å². The van der Waals surface area contributed by atoms with Crippen molar-refractivity contribution in [2.75, 3.05) is 0 Å². The lowest BCUT2D eigenvalue weighted by Gasteiger charge is -2.20. The molecule has 0 amide bonds. The van der Waals surface area contributed by atoms with Crippen LogP contribution < -0.4 is 0 Å². The largest absolute Gasteiger partial charge is 0.479 e. The number of carbonyl (C=O) groups is 1. The van der Waals surface area contributed by atoms with Gasteiger partial charge in [-0.15, -0.1) is 6.58 Å². The maximum Gasteiger partial charge on any atom is 0.335 e. The minimum atomic E-state index is -1.60. The molecule has 0 bridgehead atoms. The molecule has 0 aliphatic carbocycles. The van der Waals surface area contributed by atoms with Gasteiger partial charge in [-0.1, -0.05) is 19.4 Å². The van der Waals surface area contributed by atoms with Gasteiger partial charge in [0.15, 0.2) is 5.60 Å². The Kier molecular flexibility index (Phi) is 3.82. The lowest BCUT2D eigenvalue weighted by molar-refractivity contribution is -0.158. The molecular weight excluding hydrogens is 144 g/mol. The van der Waals surface area contributed by atoms with Gasteiger partial charge in [-0.2, -0.15) is 0 Å². The Labute approximate surface area is 66.4 Å². The SMILES string of the molecule is C=CCC(O)(CCC)C(=O)O. The number of carboxylic acids is 1. The highest BCUT2D eigenvalue weighted by atomic mass is 16.4. The Bertz CT molecular complexity index is 153. The molecule has 0 aromatic heterocycles. The van der Waals surface area contributed by atoms with E-state index in [0.29, 0.717) is 6.42 Å². The predicted molar refractivity (Wildman–Crippen MR) is 42.3 cm³/mol. The Morgan fingerprint density at radius 1 is 1.73 bits per heavy atom. The Balaban J connectivity index is 4.24. The van der Waals surface area contributed by atoms with Crippen molar-refractivity contribution in [3.05, 3.63) is 12.7 Å². The summed E-state index contributed by atoms with van der Waals surface area (Å²) in [6.07, 6.45) is 2.45. The van der Waals surface area contributed by atoms with Gasteiger partial charge in [0.1, 0.15) is 0 Å². The fourth-order valence-electron chi connectivity index (χ4n) is 0.949. The van der Waals surface area contributed by atoms with Crippen LogP contribution in [0.15, 0.2) is 12.7 Å². The molecule has 11 heavy (non-hydrogen) atoms. The highest BCUT2D eigenvalue weighted by Crippen LogP contribution is 2.17. The minimum absolute atomic E-state index is 0.107. The molecule has 1 unspecified atom stereocenters. The molecule has 0 spiro atoms. The summed E-state index contributed by atoms with van der Waals surface area (Å²) in [5, 5.41) is 18.0. The Hall–Kier alpha value is -0.830. The van der Waals surface area contributed by atoms with Crippen molar-refractivity contribution in [3.63, 3.8) is 0 Å². The third kappa shape index (κ3) is 2.72. The summed E-state index contributed by atoms with van der Waals surface area (Å²) in [7, 11) is 0. The number of aliphatic hydroxyl groups is 1. The zero-order valence-corrected chi connectivity index (χ0v) is 6.71. The zero-order chi connectivity index (χ0) is 8.91. The van der Waals surface area contributed by atoms with Crippen LogP contribution in [0.25, 0.3) is 0 Å². The van der Waals surface area contributed by atoms with Crippen molar-refractivity contribution in [1.29, 1.82) is 0 Å². The highest BCUT2D eigenvalue weighted by Gasteiger charge is 2.32. The van der Waals surface area contributed by atoms with Crippen LogP contribution in [0.5, 0.6) is 0 Å². The van der Waals surface area contributed by atoms with Crippen LogP contribution in [-0.4, -0.2) is 21.8 Å². The van der Waals surface area contributed by atoms with E-state index < -0.39 is 11.6 Å². The molecule has 0 heterocycles. The van der Waals surface area contributed by atoms with E-state index >= 15 is 0 Å². The minimum Gasteiger partial charge on any atom is -0.479 e. The van der Waals surface area contributed by atoms with E-state index in [0.717, 1.165) is 0 Å².